The van der Waals surface area contributed by atoms with Crippen molar-refractivity contribution >= 4 is 23.5 Å². The van der Waals surface area contributed by atoms with Gasteiger partial charge in [0.1, 0.15) is 5.82 Å². The van der Waals surface area contributed by atoms with Gasteiger partial charge in [-0.15, -0.1) is 0 Å². The van der Waals surface area contributed by atoms with E-state index >= 15 is 0 Å². The van der Waals surface area contributed by atoms with E-state index in [0.717, 1.165) is 29.0 Å². The molecule has 2 aromatic heterocycles. The average Bonchev–Trinajstić information content (AvgIpc) is 2.82. The van der Waals surface area contributed by atoms with Crippen LogP contribution in [0.4, 0.5) is 19.0 Å². The van der Waals surface area contributed by atoms with Gasteiger partial charge in [-0.05, 0) is 43.2 Å². The minimum atomic E-state index is -4.55. The Kier molecular flexibility index (Phi) is 8.26. The third kappa shape index (κ3) is 6.92. The van der Waals surface area contributed by atoms with Crippen LogP contribution in [0.5, 0.6) is 0 Å². The maximum Gasteiger partial charge on any atom is 0.433 e. The zero-order chi connectivity index (χ0) is 23.8. The molecule has 0 atom stereocenters. The lowest BCUT2D eigenvalue weighted by Gasteiger charge is -2.21. The van der Waals surface area contributed by atoms with Crippen LogP contribution in [0.25, 0.3) is 0 Å². The fourth-order valence-electron chi connectivity index (χ4n) is 3.02. The summed E-state index contributed by atoms with van der Waals surface area (Å²) >= 11 is 1.12. The minimum absolute atomic E-state index is 0.0602. The van der Waals surface area contributed by atoms with Crippen molar-refractivity contribution in [2.24, 2.45) is 0 Å². The Morgan fingerprint density at radius 2 is 1.79 bits per heavy atom. The summed E-state index contributed by atoms with van der Waals surface area (Å²) in [4.78, 5) is 26.1. The average molecular weight is 476 g/mol. The van der Waals surface area contributed by atoms with Gasteiger partial charge in [0.15, 0.2) is 10.9 Å². The fraction of sp³-hybridized carbons (Fsp3) is 0.304. The second-order valence-corrected chi connectivity index (χ2v) is 8.04. The molecule has 0 aliphatic carbocycles. The molecule has 0 saturated heterocycles. The molecule has 1 N–H and O–H groups in total. The Morgan fingerprint density at radius 3 is 2.39 bits per heavy atom. The molecule has 1 amide bonds. The van der Waals surface area contributed by atoms with Crippen molar-refractivity contribution in [2.75, 3.05) is 18.0 Å². The highest BCUT2D eigenvalue weighted by Gasteiger charge is 2.34. The number of nitrogens with one attached hydrogen (secondary N) is 1. The summed E-state index contributed by atoms with van der Waals surface area (Å²) in [5.74, 6) is 0.407. The van der Waals surface area contributed by atoms with Gasteiger partial charge >= 0.3 is 6.18 Å². The molecule has 0 unspecified atom stereocenters. The van der Waals surface area contributed by atoms with E-state index in [4.69, 9.17) is 0 Å². The summed E-state index contributed by atoms with van der Waals surface area (Å²) in [5.41, 5.74) is 1.27. The molecule has 10 heteroatoms. The van der Waals surface area contributed by atoms with Crippen LogP contribution < -0.4 is 10.2 Å². The molecule has 1 aromatic carbocycles. The van der Waals surface area contributed by atoms with Crippen molar-refractivity contribution in [3.63, 3.8) is 0 Å². The lowest BCUT2D eigenvalue weighted by molar-refractivity contribution is -0.141. The molecule has 174 valence electrons. The number of hydrogen-bond donors (Lipinski definition) is 1. The smallest absolute Gasteiger partial charge is 0.357 e. The van der Waals surface area contributed by atoms with Gasteiger partial charge in [-0.1, -0.05) is 30.0 Å². The first-order valence-corrected chi connectivity index (χ1v) is 11.4. The van der Waals surface area contributed by atoms with E-state index in [0.29, 0.717) is 31.0 Å². The van der Waals surface area contributed by atoms with Gasteiger partial charge in [0.25, 0.3) is 5.91 Å². The molecule has 0 aliphatic rings. The molecule has 0 bridgehead atoms. The van der Waals surface area contributed by atoms with Gasteiger partial charge in [0, 0.05) is 49.4 Å². The summed E-state index contributed by atoms with van der Waals surface area (Å²) in [6, 6.07) is 11.6. The zero-order valence-electron chi connectivity index (χ0n) is 18.3. The maximum atomic E-state index is 13.3. The van der Waals surface area contributed by atoms with Crippen molar-refractivity contribution in [3.05, 3.63) is 77.2 Å². The zero-order valence-corrected chi connectivity index (χ0v) is 19.1. The Hall–Kier alpha value is -3.14. The summed E-state index contributed by atoms with van der Waals surface area (Å²) in [5, 5.41) is 2.89. The maximum absolute atomic E-state index is 13.3. The van der Waals surface area contributed by atoms with E-state index in [-0.39, 0.29) is 16.9 Å². The second kappa shape index (κ2) is 11.1. The standard InChI is InChI=1S/C23H24F3N5OS/c1-3-31(4-2)20-12-19(23(24,25)26)29-22(30-20)33-15-16-7-9-18(10-8-16)21(32)28-14-17-6-5-11-27-13-17/h5-13H,3-4,14-15H2,1-2H3,(H,28,32). The summed E-state index contributed by atoms with van der Waals surface area (Å²) < 4.78 is 39.9. The number of anilines is 1. The Balaban J connectivity index is 1.65. The molecular formula is C23H24F3N5OS. The predicted octanol–water partition coefficient (Wildman–Crippen LogP) is 4.96. The third-order valence-corrected chi connectivity index (χ3v) is 5.75. The lowest BCUT2D eigenvalue weighted by atomic mass is 10.1. The number of hydrogen-bond acceptors (Lipinski definition) is 6. The number of thioether (sulfide) groups is 1. The minimum Gasteiger partial charge on any atom is -0.357 e. The largest absolute Gasteiger partial charge is 0.433 e. The van der Waals surface area contributed by atoms with Crippen molar-refractivity contribution in [3.8, 4) is 0 Å². The highest BCUT2D eigenvalue weighted by molar-refractivity contribution is 7.98. The van der Waals surface area contributed by atoms with Crippen LogP contribution in [-0.2, 0) is 18.5 Å². The summed E-state index contributed by atoms with van der Waals surface area (Å²) in [7, 11) is 0. The quantitative estimate of drug-likeness (QED) is 0.349. The van der Waals surface area contributed by atoms with Gasteiger partial charge in [-0.3, -0.25) is 9.78 Å². The van der Waals surface area contributed by atoms with Crippen molar-refractivity contribution in [1.82, 2.24) is 20.3 Å². The van der Waals surface area contributed by atoms with E-state index < -0.39 is 11.9 Å². The summed E-state index contributed by atoms with van der Waals surface area (Å²) in [6.45, 7) is 5.17. The summed E-state index contributed by atoms with van der Waals surface area (Å²) in [6.07, 6.45) is -1.20. The van der Waals surface area contributed by atoms with Crippen molar-refractivity contribution in [1.29, 1.82) is 0 Å². The molecule has 0 fully saturated rings. The molecule has 0 aliphatic heterocycles. The first-order valence-electron chi connectivity index (χ1n) is 10.4. The number of pyridine rings is 1. The van der Waals surface area contributed by atoms with E-state index in [1.54, 1.807) is 47.6 Å². The number of nitrogens with zero attached hydrogens (tertiary/aromatic N) is 4. The molecule has 33 heavy (non-hydrogen) atoms. The highest BCUT2D eigenvalue weighted by Crippen LogP contribution is 2.32. The number of amides is 1. The number of alkyl halides is 3. The number of halogens is 3. The SMILES string of the molecule is CCN(CC)c1cc(C(F)(F)F)nc(SCc2ccc(C(=O)NCc3cccnc3)cc2)n1. The predicted molar refractivity (Wildman–Crippen MR) is 122 cm³/mol. The number of carbonyl (C=O) groups excluding carboxylic acids is 1. The second-order valence-electron chi connectivity index (χ2n) is 7.09. The molecule has 6 nitrogen and oxygen atoms in total. The van der Waals surface area contributed by atoms with Crippen LogP contribution in [0.1, 0.15) is 41.0 Å². The Bertz CT molecular complexity index is 1060. The topological polar surface area (TPSA) is 71.0 Å². The van der Waals surface area contributed by atoms with E-state index in [1.165, 1.54) is 0 Å². The monoisotopic (exact) mass is 475 g/mol. The molecular weight excluding hydrogens is 451 g/mol. The van der Waals surface area contributed by atoms with Gasteiger partial charge in [-0.25, -0.2) is 9.97 Å². The van der Waals surface area contributed by atoms with Crippen LogP contribution in [0.3, 0.4) is 0 Å². The van der Waals surface area contributed by atoms with Gasteiger partial charge in [-0.2, -0.15) is 13.2 Å². The van der Waals surface area contributed by atoms with Crippen LogP contribution in [0.2, 0.25) is 0 Å². The van der Waals surface area contributed by atoms with Gasteiger partial charge in [0.05, 0.1) is 0 Å². The number of rotatable bonds is 9. The fourth-order valence-corrected chi connectivity index (χ4v) is 3.83. The normalized spacial score (nSPS) is 11.3. The van der Waals surface area contributed by atoms with Crippen LogP contribution in [0.15, 0.2) is 60.0 Å². The van der Waals surface area contributed by atoms with E-state index in [1.807, 2.05) is 19.9 Å². The van der Waals surface area contributed by atoms with Crippen LogP contribution in [-0.4, -0.2) is 33.9 Å². The number of aromatic nitrogens is 3. The Labute approximate surface area is 194 Å². The van der Waals surface area contributed by atoms with Crippen molar-refractivity contribution in [2.45, 2.75) is 37.5 Å². The molecule has 2 heterocycles. The highest BCUT2D eigenvalue weighted by atomic mass is 32.2. The van der Waals surface area contributed by atoms with Gasteiger partial charge < -0.3 is 10.2 Å². The van der Waals surface area contributed by atoms with Crippen LogP contribution in [0, 0.1) is 0 Å². The molecule has 3 rings (SSSR count). The molecule has 0 spiro atoms. The first kappa shape index (κ1) is 24.5. The molecule has 0 radical (unpaired) electrons. The number of carbonyl (C=O) groups is 1. The molecule has 0 saturated carbocycles. The first-order chi connectivity index (χ1) is 15.8. The third-order valence-electron chi connectivity index (χ3n) is 4.83. The molecule has 3 aromatic rings. The van der Waals surface area contributed by atoms with E-state index in [9.17, 15) is 18.0 Å². The lowest BCUT2D eigenvalue weighted by Crippen LogP contribution is -2.24. The van der Waals surface area contributed by atoms with E-state index in [2.05, 4.69) is 20.3 Å². The van der Waals surface area contributed by atoms with Crippen LogP contribution >= 0.6 is 11.8 Å². The Morgan fingerprint density at radius 1 is 1.06 bits per heavy atom. The van der Waals surface area contributed by atoms with Gasteiger partial charge in [0.2, 0.25) is 0 Å². The van der Waals surface area contributed by atoms with Crippen molar-refractivity contribution < 1.29 is 18.0 Å². The number of benzene rings is 1.